The first-order valence-electron chi connectivity index (χ1n) is 8.09. The Kier molecular flexibility index (Phi) is 3.19. The topological polar surface area (TPSA) is 69.6 Å². The number of aliphatic hydroxyl groups is 1. The van der Waals surface area contributed by atoms with Gasteiger partial charge in [-0.05, 0) is 25.7 Å². The molecule has 0 aromatic rings. The average molecular weight is 385 g/mol. The van der Waals surface area contributed by atoms with Gasteiger partial charge in [0.2, 0.25) is 0 Å². The van der Waals surface area contributed by atoms with Crippen LogP contribution >= 0.6 is 11.6 Å². The SMILES string of the molecule is O=C(NC12CC(Cl)(C1)C2)C(=O)N1CC(F)(F)[C@@H](O)[C@@]12CCC(F)(F)C2. The summed E-state index contributed by atoms with van der Waals surface area (Å²) < 4.78 is 55.3. The lowest BCUT2D eigenvalue weighted by molar-refractivity contribution is -0.155. The van der Waals surface area contributed by atoms with Gasteiger partial charge in [0.1, 0.15) is 6.10 Å². The molecule has 0 unspecified atom stereocenters. The molecule has 5 aliphatic rings. The van der Waals surface area contributed by atoms with Crippen LogP contribution in [0.15, 0.2) is 0 Å². The highest BCUT2D eigenvalue weighted by Gasteiger charge is 2.71. The molecule has 2 amide bonds. The molecule has 0 aromatic heterocycles. The van der Waals surface area contributed by atoms with Crippen LogP contribution in [0.3, 0.4) is 0 Å². The highest BCUT2D eigenvalue weighted by Crippen LogP contribution is 2.64. The third kappa shape index (κ3) is 2.31. The summed E-state index contributed by atoms with van der Waals surface area (Å²) in [5.41, 5.74) is -2.71. The van der Waals surface area contributed by atoms with E-state index in [-0.39, 0.29) is 4.87 Å². The maximum atomic E-state index is 14.0. The summed E-state index contributed by atoms with van der Waals surface area (Å²) in [4.78, 5) is 24.8. The second-order valence-corrected chi connectivity index (χ2v) is 8.91. The zero-order valence-corrected chi connectivity index (χ0v) is 13.9. The van der Waals surface area contributed by atoms with E-state index in [9.17, 15) is 32.3 Å². The van der Waals surface area contributed by atoms with Crippen LogP contribution in [0, 0.1) is 0 Å². The lowest BCUT2D eigenvalue weighted by atomic mass is 9.49. The number of amides is 2. The van der Waals surface area contributed by atoms with E-state index in [4.69, 9.17) is 11.6 Å². The fourth-order valence-corrected chi connectivity index (χ4v) is 5.74. The maximum absolute atomic E-state index is 14.0. The third-order valence-electron chi connectivity index (χ3n) is 6.09. The molecule has 5 nitrogen and oxygen atoms in total. The summed E-state index contributed by atoms with van der Waals surface area (Å²) >= 11 is 6.07. The Hall–Kier alpha value is -1.09. The number of nitrogens with one attached hydrogen (secondary N) is 1. The first-order valence-corrected chi connectivity index (χ1v) is 8.47. The van der Waals surface area contributed by atoms with E-state index in [0.717, 1.165) is 0 Å². The summed E-state index contributed by atoms with van der Waals surface area (Å²) in [6, 6.07) is 0. The van der Waals surface area contributed by atoms with Crippen LogP contribution in [0.5, 0.6) is 0 Å². The minimum atomic E-state index is -3.74. The Morgan fingerprint density at radius 2 is 1.68 bits per heavy atom. The molecule has 25 heavy (non-hydrogen) atoms. The summed E-state index contributed by atoms with van der Waals surface area (Å²) in [5.74, 6) is -9.43. The largest absolute Gasteiger partial charge is 0.384 e. The van der Waals surface area contributed by atoms with E-state index in [2.05, 4.69) is 5.32 Å². The maximum Gasteiger partial charge on any atom is 0.312 e. The van der Waals surface area contributed by atoms with Crippen molar-refractivity contribution in [3.8, 4) is 0 Å². The van der Waals surface area contributed by atoms with Crippen molar-refractivity contribution in [3.63, 3.8) is 0 Å². The molecule has 1 heterocycles. The van der Waals surface area contributed by atoms with Crippen LogP contribution < -0.4 is 5.32 Å². The minimum absolute atomic E-state index is 0.359. The monoisotopic (exact) mass is 384 g/mol. The van der Waals surface area contributed by atoms with Gasteiger partial charge in [0.05, 0.1) is 17.0 Å². The number of hydrogen-bond acceptors (Lipinski definition) is 3. The van der Waals surface area contributed by atoms with Crippen molar-refractivity contribution in [3.05, 3.63) is 0 Å². The van der Waals surface area contributed by atoms with E-state index in [1.165, 1.54) is 0 Å². The lowest BCUT2D eigenvalue weighted by Gasteiger charge is -2.67. The van der Waals surface area contributed by atoms with Gasteiger partial charge in [-0.1, -0.05) is 0 Å². The van der Waals surface area contributed by atoms with Gasteiger partial charge in [-0.2, -0.15) is 0 Å². The lowest BCUT2D eigenvalue weighted by Crippen LogP contribution is -2.77. The number of halogens is 5. The number of likely N-dealkylation sites (tertiary alicyclic amines) is 1. The van der Waals surface area contributed by atoms with Crippen molar-refractivity contribution in [1.82, 2.24) is 10.2 Å². The fourth-order valence-electron chi connectivity index (χ4n) is 4.97. The second-order valence-electron chi connectivity index (χ2n) is 8.11. The first-order chi connectivity index (χ1) is 11.3. The van der Waals surface area contributed by atoms with Gasteiger partial charge < -0.3 is 15.3 Å². The van der Waals surface area contributed by atoms with E-state index >= 15 is 0 Å². The van der Waals surface area contributed by atoms with Gasteiger partial charge in [0, 0.05) is 18.4 Å². The molecule has 2 N–H and O–H groups in total. The highest BCUT2D eigenvalue weighted by atomic mass is 35.5. The zero-order valence-electron chi connectivity index (χ0n) is 13.1. The molecule has 5 rings (SSSR count). The number of carbonyl (C=O) groups excluding carboxylic acids is 2. The van der Waals surface area contributed by atoms with Crippen molar-refractivity contribution in [1.29, 1.82) is 0 Å². The van der Waals surface area contributed by atoms with E-state index in [0.29, 0.717) is 24.2 Å². The third-order valence-corrected chi connectivity index (χ3v) is 6.49. The molecule has 2 bridgehead atoms. The molecule has 0 radical (unpaired) electrons. The number of hydrogen-bond donors (Lipinski definition) is 2. The molecule has 4 saturated carbocycles. The van der Waals surface area contributed by atoms with E-state index < -0.39 is 66.6 Å². The molecule has 1 spiro atoms. The van der Waals surface area contributed by atoms with Gasteiger partial charge in [-0.25, -0.2) is 17.6 Å². The molecule has 1 aliphatic heterocycles. The fraction of sp³-hybridized carbons (Fsp3) is 0.867. The second kappa shape index (κ2) is 4.60. The van der Waals surface area contributed by atoms with Gasteiger partial charge in [-0.15, -0.1) is 11.6 Å². The first kappa shape index (κ1) is 17.3. The van der Waals surface area contributed by atoms with E-state index in [1.54, 1.807) is 0 Å². The van der Waals surface area contributed by atoms with Crippen molar-refractivity contribution in [2.45, 2.75) is 72.4 Å². The molecular formula is C15H17ClF4N2O3. The predicted octanol–water partition coefficient (Wildman–Crippen LogP) is 1.41. The Bertz CT molecular complexity index is 653. The van der Waals surface area contributed by atoms with Crippen molar-refractivity contribution >= 4 is 23.4 Å². The number of aliphatic hydroxyl groups excluding tert-OH is 1. The summed E-state index contributed by atoms with van der Waals surface area (Å²) in [6.07, 6.45) is -3.23. The number of nitrogens with zero attached hydrogens (tertiary/aromatic N) is 1. The molecule has 0 aromatic carbocycles. The van der Waals surface area contributed by atoms with Crippen LogP contribution in [0.1, 0.15) is 38.5 Å². The average Bonchev–Trinajstić information content (AvgIpc) is 2.85. The van der Waals surface area contributed by atoms with Gasteiger partial charge >= 0.3 is 11.8 Å². The molecule has 10 heteroatoms. The molecule has 1 saturated heterocycles. The summed E-state index contributed by atoms with van der Waals surface area (Å²) in [6.45, 7) is -1.25. The Morgan fingerprint density at radius 3 is 2.16 bits per heavy atom. The highest BCUT2D eigenvalue weighted by molar-refractivity contribution is 6.36. The Balaban J connectivity index is 1.55. The zero-order chi connectivity index (χ0) is 18.5. The predicted molar refractivity (Wildman–Crippen MR) is 77.5 cm³/mol. The molecule has 5 fully saturated rings. The number of rotatable bonds is 1. The van der Waals surface area contributed by atoms with Crippen LogP contribution in [0.4, 0.5) is 17.6 Å². The van der Waals surface area contributed by atoms with Crippen LogP contribution in [0.25, 0.3) is 0 Å². The minimum Gasteiger partial charge on any atom is -0.384 e. The quantitative estimate of drug-likeness (QED) is 0.408. The molecule has 140 valence electrons. The number of carbonyl (C=O) groups is 2. The molecule has 4 aliphatic carbocycles. The standard InChI is InChI=1S/C15H17ClF4N2O3/c16-11-3-12(4-11,5-11)21-8(23)9(24)22-7-15(19,20)10(25)13(22)1-2-14(17,18)6-13/h10,25H,1-7H2,(H,21,23)/t10-,11?,12?,13-/m0/s1. The normalized spacial score (nSPS) is 45.8. The molecule has 2 atom stereocenters. The number of alkyl halides is 5. The van der Waals surface area contributed by atoms with Crippen LogP contribution in [0.2, 0.25) is 0 Å². The summed E-state index contributed by atoms with van der Waals surface area (Å²) in [5, 5.41) is 12.4. The van der Waals surface area contributed by atoms with Gasteiger partial charge in [0.25, 0.3) is 11.8 Å². The Morgan fingerprint density at radius 1 is 1.08 bits per heavy atom. The van der Waals surface area contributed by atoms with E-state index in [1.807, 2.05) is 0 Å². The van der Waals surface area contributed by atoms with Crippen molar-refractivity contribution < 1.29 is 32.3 Å². The van der Waals surface area contributed by atoms with Crippen LogP contribution in [-0.2, 0) is 9.59 Å². The summed E-state index contributed by atoms with van der Waals surface area (Å²) in [7, 11) is 0. The van der Waals surface area contributed by atoms with Crippen molar-refractivity contribution in [2.75, 3.05) is 6.54 Å². The van der Waals surface area contributed by atoms with Gasteiger partial charge in [-0.3, -0.25) is 9.59 Å². The van der Waals surface area contributed by atoms with Crippen LogP contribution in [-0.4, -0.2) is 62.3 Å². The molecular weight excluding hydrogens is 368 g/mol. The van der Waals surface area contributed by atoms with Gasteiger partial charge in [0.15, 0.2) is 0 Å². The van der Waals surface area contributed by atoms with Crippen molar-refractivity contribution in [2.24, 2.45) is 0 Å². The smallest absolute Gasteiger partial charge is 0.312 e. The Labute approximate surface area is 145 Å².